The summed E-state index contributed by atoms with van der Waals surface area (Å²) in [5.74, 6) is -0.324. The maximum atomic E-state index is 11.8. The summed E-state index contributed by atoms with van der Waals surface area (Å²) in [5, 5.41) is 0. The van der Waals surface area contributed by atoms with Gasteiger partial charge in [-0.1, -0.05) is 85.0 Å². The number of allylic oxidation sites excluding steroid dienone is 3. The Kier molecular flexibility index (Phi) is 6.13. The summed E-state index contributed by atoms with van der Waals surface area (Å²) >= 11 is 0. The molecule has 0 spiro atoms. The van der Waals surface area contributed by atoms with Gasteiger partial charge in [0.15, 0.2) is 0 Å². The predicted octanol–water partition coefficient (Wildman–Crippen LogP) is 4.90. The summed E-state index contributed by atoms with van der Waals surface area (Å²) in [4.78, 5) is 11.8. The number of carbonyl (C=O) groups is 1. The second-order valence-electron chi connectivity index (χ2n) is 5.06. The Bertz CT molecular complexity index is 671. The molecule has 2 nitrogen and oxygen atoms in total. The highest BCUT2D eigenvalue weighted by Gasteiger charge is 2.06. The lowest BCUT2D eigenvalue weighted by Crippen LogP contribution is -2.03. The van der Waals surface area contributed by atoms with Crippen LogP contribution in [0.25, 0.3) is 12.2 Å². The van der Waals surface area contributed by atoms with Crippen LogP contribution in [0.5, 0.6) is 0 Å². The predicted molar refractivity (Wildman–Crippen MR) is 95.7 cm³/mol. The first-order valence-corrected chi connectivity index (χ1v) is 7.46. The molecule has 0 bridgehead atoms. The summed E-state index contributed by atoms with van der Waals surface area (Å²) in [6.07, 6.45) is 7.83. The van der Waals surface area contributed by atoms with Crippen LogP contribution in [-0.4, -0.2) is 13.1 Å². The molecule has 0 saturated heterocycles. The van der Waals surface area contributed by atoms with Crippen molar-refractivity contribution in [2.24, 2.45) is 0 Å². The Balaban J connectivity index is 2.31. The van der Waals surface area contributed by atoms with E-state index in [1.54, 1.807) is 6.92 Å². The SMILES string of the molecule is COC(=O)C(C)=C(C=Cc1ccccc1)C=Cc1ccccc1. The van der Waals surface area contributed by atoms with E-state index in [4.69, 9.17) is 4.74 Å². The third-order valence-electron chi connectivity index (χ3n) is 3.43. The minimum Gasteiger partial charge on any atom is -0.466 e. The van der Waals surface area contributed by atoms with Crippen LogP contribution < -0.4 is 0 Å². The lowest BCUT2D eigenvalue weighted by atomic mass is 10.1. The van der Waals surface area contributed by atoms with E-state index in [0.29, 0.717) is 5.57 Å². The van der Waals surface area contributed by atoms with E-state index in [1.165, 1.54) is 7.11 Å². The largest absolute Gasteiger partial charge is 0.466 e. The zero-order valence-electron chi connectivity index (χ0n) is 13.4. The molecule has 2 heteroatoms. The van der Waals surface area contributed by atoms with Crippen molar-refractivity contribution >= 4 is 18.1 Å². The molecule has 0 unspecified atom stereocenters. The van der Waals surface area contributed by atoms with E-state index < -0.39 is 0 Å². The highest BCUT2D eigenvalue weighted by molar-refractivity contribution is 5.90. The van der Waals surface area contributed by atoms with Crippen LogP contribution in [0.2, 0.25) is 0 Å². The molecule has 0 heterocycles. The Morgan fingerprint density at radius 3 is 1.65 bits per heavy atom. The van der Waals surface area contributed by atoms with Gasteiger partial charge in [0.2, 0.25) is 0 Å². The quantitative estimate of drug-likeness (QED) is 0.446. The first-order valence-electron chi connectivity index (χ1n) is 7.46. The smallest absolute Gasteiger partial charge is 0.334 e. The van der Waals surface area contributed by atoms with Gasteiger partial charge in [-0.3, -0.25) is 0 Å². The van der Waals surface area contributed by atoms with Crippen molar-refractivity contribution in [2.75, 3.05) is 7.11 Å². The first kappa shape index (κ1) is 16.5. The number of benzene rings is 2. The van der Waals surface area contributed by atoms with Gasteiger partial charge in [0, 0.05) is 5.57 Å². The molecule has 2 aromatic rings. The number of hydrogen-bond donors (Lipinski definition) is 0. The van der Waals surface area contributed by atoms with Gasteiger partial charge in [-0.15, -0.1) is 0 Å². The molecule has 0 amide bonds. The Morgan fingerprint density at radius 1 is 0.826 bits per heavy atom. The van der Waals surface area contributed by atoms with Gasteiger partial charge in [-0.25, -0.2) is 4.79 Å². The fourth-order valence-corrected chi connectivity index (χ4v) is 2.08. The summed E-state index contributed by atoms with van der Waals surface area (Å²) in [5.41, 5.74) is 3.56. The van der Waals surface area contributed by atoms with Crippen LogP contribution in [0.4, 0.5) is 0 Å². The van der Waals surface area contributed by atoms with E-state index in [-0.39, 0.29) is 5.97 Å². The molecule has 0 aromatic heterocycles. The highest BCUT2D eigenvalue weighted by Crippen LogP contribution is 2.14. The number of esters is 1. The van der Waals surface area contributed by atoms with Crippen molar-refractivity contribution in [3.63, 3.8) is 0 Å². The second kappa shape index (κ2) is 8.54. The number of hydrogen-bond acceptors (Lipinski definition) is 2. The van der Waals surface area contributed by atoms with E-state index in [2.05, 4.69) is 0 Å². The zero-order valence-corrected chi connectivity index (χ0v) is 13.4. The molecular formula is C21H20O2. The summed E-state index contributed by atoms with van der Waals surface area (Å²) < 4.78 is 4.83. The van der Waals surface area contributed by atoms with Crippen LogP contribution in [-0.2, 0) is 9.53 Å². The molecule has 2 aromatic carbocycles. The number of ether oxygens (including phenoxy) is 1. The normalized spacial score (nSPS) is 10.9. The van der Waals surface area contributed by atoms with Crippen molar-refractivity contribution in [2.45, 2.75) is 6.92 Å². The summed E-state index contributed by atoms with van der Waals surface area (Å²) in [6.45, 7) is 1.77. The standard InChI is InChI=1S/C21H20O2/c1-17(21(22)23-2)20(15-13-18-9-5-3-6-10-18)16-14-19-11-7-4-8-12-19/h3-16H,1-2H3. The van der Waals surface area contributed by atoms with Crippen LogP contribution in [0.3, 0.4) is 0 Å². The molecule has 23 heavy (non-hydrogen) atoms. The van der Waals surface area contributed by atoms with E-state index in [0.717, 1.165) is 16.7 Å². The number of rotatable bonds is 5. The van der Waals surface area contributed by atoms with Crippen LogP contribution >= 0.6 is 0 Å². The Labute approximate surface area is 137 Å². The fraction of sp³-hybridized carbons (Fsp3) is 0.0952. The minimum atomic E-state index is -0.324. The Morgan fingerprint density at radius 2 is 1.26 bits per heavy atom. The maximum Gasteiger partial charge on any atom is 0.334 e. The van der Waals surface area contributed by atoms with Gasteiger partial charge in [-0.2, -0.15) is 0 Å². The second-order valence-corrected chi connectivity index (χ2v) is 5.06. The summed E-state index contributed by atoms with van der Waals surface area (Å²) in [7, 11) is 1.39. The lowest BCUT2D eigenvalue weighted by Gasteiger charge is -2.03. The van der Waals surface area contributed by atoms with Gasteiger partial charge in [0.25, 0.3) is 0 Å². The molecule has 2 rings (SSSR count). The van der Waals surface area contributed by atoms with Crippen molar-refractivity contribution < 1.29 is 9.53 Å². The Hall–Kier alpha value is -2.87. The molecule has 0 saturated carbocycles. The van der Waals surface area contributed by atoms with Gasteiger partial charge in [0.1, 0.15) is 0 Å². The fourth-order valence-electron chi connectivity index (χ4n) is 2.08. The molecule has 0 radical (unpaired) electrons. The maximum absolute atomic E-state index is 11.8. The first-order chi connectivity index (χ1) is 11.2. The molecule has 0 aliphatic rings. The molecule has 116 valence electrons. The molecular weight excluding hydrogens is 284 g/mol. The van der Waals surface area contributed by atoms with Crippen LogP contribution in [0.15, 0.2) is 84.0 Å². The third kappa shape index (κ3) is 5.11. The molecule has 0 N–H and O–H groups in total. The average Bonchev–Trinajstić information content (AvgIpc) is 2.62. The van der Waals surface area contributed by atoms with Crippen LogP contribution in [0.1, 0.15) is 18.1 Å². The van der Waals surface area contributed by atoms with E-state index in [1.807, 2.05) is 85.0 Å². The van der Waals surface area contributed by atoms with Crippen molar-refractivity contribution in [1.29, 1.82) is 0 Å². The lowest BCUT2D eigenvalue weighted by molar-refractivity contribution is -0.136. The van der Waals surface area contributed by atoms with Gasteiger partial charge in [0.05, 0.1) is 7.11 Å². The monoisotopic (exact) mass is 304 g/mol. The van der Waals surface area contributed by atoms with Crippen LogP contribution in [0, 0.1) is 0 Å². The summed E-state index contributed by atoms with van der Waals surface area (Å²) in [6, 6.07) is 19.9. The number of carbonyl (C=O) groups excluding carboxylic acids is 1. The average molecular weight is 304 g/mol. The van der Waals surface area contributed by atoms with Crippen molar-refractivity contribution in [3.05, 3.63) is 95.1 Å². The molecule has 0 fully saturated rings. The molecule has 0 aliphatic heterocycles. The number of methoxy groups -OCH3 is 1. The zero-order chi connectivity index (χ0) is 16.5. The highest BCUT2D eigenvalue weighted by atomic mass is 16.5. The molecule has 0 atom stereocenters. The van der Waals surface area contributed by atoms with Gasteiger partial charge < -0.3 is 4.74 Å². The van der Waals surface area contributed by atoms with Crippen molar-refractivity contribution in [3.8, 4) is 0 Å². The van der Waals surface area contributed by atoms with Gasteiger partial charge in [-0.05, 0) is 23.6 Å². The van der Waals surface area contributed by atoms with Crippen molar-refractivity contribution in [1.82, 2.24) is 0 Å². The third-order valence-corrected chi connectivity index (χ3v) is 3.43. The van der Waals surface area contributed by atoms with Gasteiger partial charge >= 0.3 is 5.97 Å². The molecule has 0 aliphatic carbocycles. The van der Waals surface area contributed by atoms with E-state index in [9.17, 15) is 4.79 Å². The topological polar surface area (TPSA) is 26.3 Å². The minimum absolute atomic E-state index is 0.324. The van der Waals surface area contributed by atoms with E-state index >= 15 is 0 Å².